The van der Waals surface area contributed by atoms with Gasteiger partial charge in [0.05, 0.1) is 0 Å². The molecule has 4 nitrogen and oxygen atoms in total. The van der Waals surface area contributed by atoms with Crippen LogP contribution in [0.4, 0.5) is 0 Å². The van der Waals surface area contributed by atoms with E-state index >= 15 is 0 Å². The summed E-state index contributed by atoms with van der Waals surface area (Å²) in [6.07, 6.45) is 4.84. The van der Waals surface area contributed by atoms with Gasteiger partial charge in [-0.1, -0.05) is 0 Å². The summed E-state index contributed by atoms with van der Waals surface area (Å²) in [7, 11) is 0. The van der Waals surface area contributed by atoms with Gasteiger partial charge in [-0.15, -0.1) is 0 Å². The molecule has 0 bridgehead atoms. The zero-order valence-electron chi connectivity index (χ0n) is 7.45. The monoisotopic (exact) mass is 170 g/mol. The van der Waals surface area contributed by atoms with Crippen molar-refractivity contribution < 1.29 is 0 Å². The van der Waals surface area contributed by atoms with Gasteiger partial charge in [-0.25, -0.2) is 10.0 Å². The Morgan fingerprint density at radius 3 is 2.00 bits per heavy atom. The Labute approximate surface area is 73.4 Å². The highest BCUT2D eigenvalue weighted by Crippen LogP contribution is 2.28. The Kier molecular flexibility index (Phi) is 2.32. The van der Waals surface area contributed by atoms with Gasteiger partial charge in [-0.3, -0.25) is 11.7 Å². The van der Waals surface area contributed by atoms with E-state index in [-0.39, 0.29) is 0 Å². The van der Waals surface area contributed by atoms with Gasteiger partial charge < -0.3 is 0 Å². The summed E-state index contributed by atoms with van der Waals surface area (Å²) in [4.78, 5) is 0. The predicted octanol–water partition coefficient (Wildman–Crippen LogP) is -0.337. The fraction of sp³-hybridized carbons (Fsp3) is 1.00. The van der Waals surface area contributed by atoms with Gasteiger partial charge in [0.2, 0.25) is 0 Å². The molecule has 0 radical (unpaired) electrons. The van der Waals surface area contributed by atoms with Gasteiger partial charge in [0, 0.05) is 25.2 Å². The largest absolute Gasteiger partial charge is 0.269 e. The normalized spacial score (nSPS) is 28.2. The van der Waals surface area contributed by atoms with E-state index in [0.717, 1.165) is 25.9 Å². The minimum absolute atomic E-state index is 0.581. The highest BCUT2D eigenvalue weighted by Gasteiger charge is 2.32. The topological polar surface area (TPSA) is 58.5 Å². The first kappa shape index (κ1) is 8.44. The molecule has 4 N–H and O–H groups in total. The standard InChI is InChI=1S/C8H18N4/c9-11-5-3-8(4-6-11)12(10)7-1-2-7/h7-8H,1-6,9-10H2. The van der Waals surface area contributed by atoms with E-state index in [9.17, 15) is 0 Å². The predicted molar refractivity (Wildman–Crippen MR) is 47.8 cm³/mol. The zero-order valence-corrected chi connectivity index (χ0v) is 7.45. The van der Waals surface area contributed by atoms with Crippen molar-refractivity contribution in [1.29, 1.82) is 0 Å². The van der Waals surface area contributed by atoms with Crippen molar-refractivity contribution in [3.63, 3.8) is 0 Å². The van der Waals surface area contributed by atoms with Gasteiger partial charge in [0.15, 0.2) is 0 Å². The van der Waals surface area contributed by atoms with Crippen LogP contribution < -0.4 is 11.7 Å². The van der Waals surface area contributed by atoms with Crippen molar-refractivity contribution in [1.82, 2.24) is 10.0 Å². The third kappa shape index (κ3) is 1.77. The van der Waals surface area contributed by atoms with Gasteiger partial charge in [0.1, 0.15) is 0 Å². The third-order valence-electron chi connectivity index (χ3n) is 2.89. The second kappa shape index (κ2) is 3.30. The molecular weight excluding hydrogens is 152 g/mol. The van der Waals surface area contributed by atoms with E-state index in [1.165, 1.54) is 12.8 Å². The molecule has 0 unspecified atom stereocenters. The number of piperidine rings is 1. The van der Waals surface area contributed by atoms with Crippen LogP contribution in [0.2, 0.25) is 0 Å². The molecule has 0 aromatic carbocycles. The number of nitrogens with two attached hydrogens (primary N) is 2. The van der Waals surface area contributed by atoms with Crippen LogP contribution >= 0.6 is 0 Å². The highest BCUT2D eigenvalue weighted by molar-refractivity contribution is 4.87. The van der Waals surface area contributed by atoms with Gasteiger partial charge in [0.25, 0.3) is 0 Å². The van der Waals surface area contributed by atoms with Crippen molar-refractivity contribution in [3.05, 3.63) is 0 Å². The Morgan fingerprint density at radius 1 is 1.00 bits per heavy atom. The zero-order chi connectivity index (χ0) is 8.55. The molecule has 1 aliphatic carbocycles. The first-order chi connectivity index (χ1) is 5.77. The molecule has 1 heterocycles. The van der Waals surface area contributed by atoms with Gasteiger partial charge in [-0.2, -0.15) is 0 Å². The van der Waals surface area contributed by atoms with Crippen LogP contribution in [0.5, 0.6) is 0 Å². The molecule has 0 aromatic heterocycles. The molecule has 1 saturated carbocycles. The lowest BCUT2D eigenvalue weighted by Crippen LogP contribution is -2.50. The van der Waals surface area contributed by atoms with Crippen LogP contribution in [0.15, 0.2) is 0 Å². The lowest BCUT2D eigenvalue weighted by atomic mass is 10.1. The first-order valence-corrected chi connectivity index (χ1v) is 4.80. The van der Waals surface area contributed by atoms with Gasteiger partial charge in [-0.05, 0) is 25.7 Å². The molecule has 12 heavy (non-hydrogen) atoms. The smallest absolute Gasteiger partial charge is 0.0269 e. The maximum Gasteiger partial charge on any atom is 0.0269 e. The van der Waals surface area contributed by atoms with Crippen molar-refractivity contribution >= 4 is 0 Å². The molecule has 0 aromatic rings. The number of nitrogens with zero attached hydrogens (tertiary/aromatic N) is 2. The Hall–Kier alpha value is -0.160. The van der Waals surface area contributed by atoms with E-state index in [1.54, 1.807) is 0 Å². The van der Waals surface area contributed by atoms with Crippen LogP contribution in [0.25, 0.3) is 0 Å². The van der Waals surface area contributed by atoms with Crippen LogP contribution in [-0.2, 0) is 0 Å². The molecule has 0 spiro atoms. The summed E-state index contributed by atoms with van der Waals surface area (Å²) < 4.78 is 0. The lowest BCUT2D eigenvalue weighted by Gasteiger charge is -2.34. The number of hydrogen-bond acceptors (Lipinski definition) is 4. The molecule has 0 atom stereocenters. The quantitative estimate of drug-likeness (QED) is 0.440. The fourth-order valence-electron chi connectivity index (χ4n) is 1.85. The maximum atomic E-state index is 5.97. The molecule has 4 heteroatoms. The summed E-state index contributed by atoms with van der Waals surface area (Å²) in [6.45, 7) is 1.98. The number of rotatable bonds is 2. The summed E-state index contributed by atoms with van der Waals surface area (Å²) >= 11 is 0. The average Bonchev–Trinajstić information content (AvgIpc) is 2.87. The number of hydrazine groups is 2. The highest BCUT2D eigenvalue weighted by atomic mass is 15.5. The summed E-state index contributed by atoms with van der Waals surface area (Å²) in [5.74, 6) is 11.6. The molecule has 2 fully saturated rings. The van der Waals surface area contributed by atoms with Gasteiger partial charge >= 0.3 is 0 Å². The summed E-state index contributed by atoms with van der Waals surface area (Å²) in [5.41, 5.74) is 0. The lowest BCUT2D eigenvalue weighted by molar-refractivity contribution is 0.103. The molecule has 1 saturated heterocycles. The Bertz CT molecular complexity index is 149. The second-order valence-electron chi connectivity index (χ2n) is 3.95. The fourth-order valence-corrected chi connectivity index (χ4v) is 1.85. The molecule has 2 aliphatic rings. The van der Waals surface area contributed by atoms with Crippen molar-refractivity contribution in [3.8, 4) is 0 Å². The molecule has 0 amide bonds. The minimum Gasteiger partial charge on any atom is -0.269 e. The van der Waals surface area contributed by atoms with Crippen LogP contribution in [0, 0.1) is 0 Å². The molecule has 1 aliphatic heterocycles. The van der Waals surface area contributed by atoms with E-state index < -0.39 is 0 Å². The molecule has 70 valence electrons. The first-order valence-electron chi connectivity index (χ1n) is 4.80. The summed E-state index contributed by atoms with van der Waals surface area (Å²) in [5, 5.41) is 3.95. The molecular formula is C8H18N4. The van der Waals surface area contributed by atoms with Crippen LogP contribution in [0.3, 0.4) is 0 Å². The van der Waals surface area contributed by atoms with Crippen molar-refractivity contribution in [2.24, 2.45) is 11.7 Å². The second-order valence-corrected chi connectivity index (χ2v) is 3.95. The minimum atomic E-state index is 0.581. The molecule has 2 rings (SSSR count). The van der Waals surface area contributed by atoms with E-state index in [0.29, 0.717) is 12.1 Å². The third-order valence-corrected chi connectivity index (χ3v) is 2.89. The Morgan fingerprint density at radius 2 is 1.50 bits per heavy atom. The SMILES string of the molecule is NN1CCC(N(N)C2CC2)CC1. The van der Waals surface area contributed by atoms with Crippen LogP contribution in [0.1, 0.15) is 25.7 Å². The van der Waals surface area contributed by atoms with E-state index in [4.69, 9.17) is 11.7 Å². The average molecular weight is 170 g/mol. The van der Waals surface area contributed by atoms with E-state index in [1.807, 2.05) is 5.01 Å². The number of hydrogen-bond donors (Lipinski definition) is 2. The van der Waals surface area contributed by atoms with Crippen LogP contribution in [-0.4, -0.2) is 35.2 Å². The summed E-state index contributed by atoms with van der Waals surface area (Å²) in [6, 6.07) is 1.26. The Balaban J connectivity index is 1.80. The van der Waals surface area contributed by atoms with E-state index in [2.05, 4.69) is 5.01 Å². The van der Waals surface area contributed by atoms with Crippen molar-refractivity contribution in [2.75, 3.05) is 13.1 Å². The van der Waals surface area contributed by atoms with Crippen molar-refractivity contribution in [2.45, 2.75) is 37.8 Å². The maximum absolute atomic E-state index is 5.97.